The lowest BCUT2D eigenvalue weighted by molar-refractivity contribution is -0.144. The molecule has 20 heavy (non-hydrogen) atoms. The Hall–Kier alpha value is -1.06. The van der Waals surface area contributed by atoms with Gasteiger partial charge >= 0.3 is 5.97 Å². The minimum atomic E-state index is -0.418. The van der Waals surface area contributed by atoms with Crippen LogP contribution in [0.4, 0.5) is 0 Å². The summed E-state index contributed by atoms with van der Waals surface area (Å²) < 4.78 is 11.1. The molecule has 4 heteroatoms. The highest BCUT2D eigenvalue weighted by molar-refractivity contribution is 5.85. The highest BCUT2D eigenvalue weighted by Gasteiger charge is 2.48. The number of esters is 1. The molecule has 0 spiro atoms. The van der Waals surface area contributed by atoms with E-state index in [0.717, 1.165) is 0 Å². The minimum absolute atomic E-state index is 0.0714. The summed E-state index contributed by atoms with van der Waals surface area (Å²) in [6.45, 7) is 17.2. The van der Waals surface area contributed by atoms with E-state index in [1.807, 2.05) is 0 Å². The van der Waals surface area contributed by atoms with Crippen molar-refractivity contribution >= 4 is 11.9 Å². The molecule has 0 aromatic rings. The molecule has 4 nitrogen and oxygen atoms in total. The average molecular weight is 283 g/mol. The van der Waals surface area contributed by atoms with Crippen LogP contribution in [0.1, 0.15) is 55.4 Å². The maximum Gasteiger partial charge on any atom is 0.302 e. The van der Waals surface area contributed by atoms with Gasteiger partial charge < -0.3 is 9.47 Å². The first kappa shape index (κ1) is 17.0. The molecule has 1 unspecified atom stereocenters. The number of hydrogen-bond donors (Lipinski definition) is 0. The van der Waals surface area contributed by atoms with Gasteiger partial charge in [-0.1, -0.05) is 41.5 Å². The van der Waals surface area contributed by atoms with Gasteiger partial charge in [0.25, 0.3) is 0 Å². The number of carbonyl (C=O) groups is 1. The van der Waals surface area contributed by atoms with Gasteiger partial charge in [0.15, 0.2) is 5.90 Å². The van der Waals surface area contributed by atoms with Crippen LogP contribution in [0, 0.1) is 16.2 Å². The zero-order valence-electron chi connectivity index (χ0n) is 14.2. The molecule has 2 atom stereocenters. The third-order valence-electron chi connectivity index (χ3n) is 4.34. The summed E-state index contributed by atoms with van der Waals surface area (Å²) in [4.78, 5) is 15.9. The van der Waals surface area contributed by atoms with E-state index < -0.39 is 5.41 Å². The molecule has 0 aromatic heterocycles. The van der Waals surface area contributed by atoms with Crippen LogP contribution in [0.25, 0.3) is 0 Å². The summed E-state index contributed by atoms with van der Waals surface area (Å²) in [6, 6.07) is 0.150. The fourth-order valence-corrected chi connectivity index (χ4v) is 1.96. The van der Waals surface area contributed by atoms with Crippen LogP contribution in [0.15, 0.2) is 4.99 Å². The standard InChI is InChI=1S/C16H29NO3/c1-11(18)20-10-16(8,15(5,6)7)13-17-12(9-19-13)14(2,3)4/h12H,9-10H2,1-8H3/t12-,16?/m0/s1. The van der Waals surface area contributed by atoms with Gasteiger partial charge in [0.2, 0.25) is 0 Å². The van der Waals surface area contributed by atoms with Crippen LogP contribution in [-0.2, 0) is 14.3 Å². The SMILES string of the molecule is CC(=O)OCC(C)(C1=N[C@H](C(C)(C)C)CO1)C(C)(C)C. The van der Waals surface area contributed by atoms with E-state index in [1.54, 1.807) is 0 Å². The Morgan fingerprint density at radius 1 is 1.25 bits per heavy atom. The van der Waals surface area contributed by atoms with Gasteiger partial charge in [0.05, 0.1) is 11.5 Å². The summed E-state index contributed by atoms with van der Waals surface area (Å²) in [7, 11) is 0. The molecule has 0 radical (unpaired) electrons. The molecule has 1 aliphatic heterocycles. The fraction of sp³-hybridized carbons (Fsp3) is 0.875. The van der Waals surface area contributed by atoms with Crippen LogP contribution in [0.2, 0.25) is 0 Å². The number of hydrogen-bond acceptors (Lipinski definition) is 4. The van der Waals surface area contributed by atoms with Crippen LogP contribution < -0.4 is 0 Å². The lowest BCUT2D eigenvalue weighted by Crippen LogP contribution is -2.45. The van der Waals surface area contributed by atoms with E-state index in [1.165, 1.54) is 6.92 Å². The van der Waals surface area contributed by atoms with Crippen molar-refractivity contribution in [3.63, 3.8) is 0 Å². The van der Waals surface area contributed by atoms with E-state index in [-0.39, 0.29) is 22.8 Å². The maximum atomic E-state index is 11.2. The molecule has 0 saturated carbocycles. The Kier molecular flexibility index (Phi) is 4.57. The molecule has 0 fully saturated rings. The Bertz CT molecular complexity index is 401. The number of ether oxygens (including phenoxy) is 2. The van der Waals surface area contributed by atoms with Gasteiger partial charge in [0, 0.05) is 6.92 Å². The molecule has 1 aliphatic rings. The average Bonchev–Trinajstić information content (AvgIpc) is 2.73. The number of carbonyl (C=O) groups excluding carboxylic acids is 1. The van der Waals surface area contributed by atoms with Crippen molar-refractivity contribution in [3.8, 4) is 0 Å². The first-order valence-corrected chi connectivity index (χ1v) is 7.22. The summed E-state index contributed by atoms with van der Waals surface area (Å²) in [5.41, 5.74) is -0.464. The predicted molar refractivity (Wildman–Crippen MR) is 80.8 cm³/mol. The molecule has 116 valence electrons. The molecule has 1 heterocycles. The number of rotatable bonds is 3. The first-order chi connectivity index (χ1) is 8.88. The van der Waals surface area contributed by atoms with Crippen LogP contribution in [0.3, 0.4) is 0 Å². The minimum Gasteiger partial charge on any atom is -0.478 e. The van der Waals surface area contributed by atoms with E-state index in [4.69, 9.17) is 14.5 Å². The highest BCUT2D eigenvalue weighted by Crippen LogP contribution is 2.43. The van der Waals surface area contributed by atoms with Crippen molar-refractivity contribution in [2.45, 2.75) is 61.4 Å². The molecule has 0 amide bonds. The second-order valence-electron chi connectivity index (χ2n) is 7.99. The Morgan fingerprint density at radius 3 is 2.15 bits per heavy atom. The molecule has 0 aromatic carbocycles. The fourth-order valence-electron chi connectivity index (χ4n) is 1.96. The molecule has 0 saturated heterocycles. The maximum absolute atomic E-state index is 11.2. The van der Waals surface area contributed by atoms with Gasteiger partial charge in [-0.15, -0.1) is 0 Å². The third-order valence-corrected chi connectivity index (χ3v) is 4.34. The molecule has 0 N–H and O–H groups in total. The van der Waals surface area contributed by atoms with Crippen molar-refractivity contribution in [1.29, 1.82) is 0 Å². The van der Waals surface area contributed by atoms with Gasteiger partial charge in [-0.05, 0) is 17.8 Å². The van der Waals surface area contributed by atoms with E-state index in [2.05, 4.69) is 48.5 Å². The van der Waals surface area contributed by atoms with Gasteiger partial charge in [-0.2, -0.15) is 0 Å². The zero-order valence-corrected chi connectivity index (χ0v) is 14.2. The second kappa shape index (κ2) is 5.38. The van der Waals surface area contributed by atoms with E-state index in [9.17, 15) is 4.79 Å². The van der Waals surface area contributed by atoms with Crippen LogP contribution in [0.5, 0.6) is 0 Å². The lowest BCUT2D eigenvalue weighted by atomic mass is 9.68. The smallest absolute Gasteiger partial charge is 0.302 e. The van der Waals surface area contributed by atoms with Gasteiger partial charge in [0.1, 0.15) is 13.2 Å². The van der Waals surface area contributed by atoms with Crippen molar-refractivity contribution in [2.24, 2.45) is 21.2 Å². The summed E-state index contributed by atoms with van der Waals surface area (Å²) in [5, 5.41) is 0. The van der Waals surface area contributed by atoms with Gasteiger partial charge in [-0.3, -0.25) is 4.79 Å². The number of nitrogens with zero attached hydrogens (tertiary/aromatic N) is 1. The zero-order chi connectivity index (χ0) is 15.8. The first-order valence-electron chi connectivity index (χ1n) is 7.22. The van der Waals surface area contributed by atoms with E-state index in [0.29, 0.717) is 19.1 Å². The van der Waals surface area contributed by atoms with Gasteiger partial charge in [-0.25, -0.2) is 4.99 Å². The Morgan fingerprint density at radius 2 is 1.80 bits per heavy atom. The number of aliphatic imine (C=N–C) groups is 1. The monoisotopic (exact) mass is 283 g/mol. The lowest BCUT2D eigenvalue weighted by Gasteiger charge is -2.40. The van der Waals surface area contributed by atoms with Crippen molar-refractivity contribution < 1.29 is 14.3 Å². The highest BCUT2D eigenvalue weighted by atomic mass is 16.5. The van der Waals surface area contributed by atoms with Crippen molar-refractivity contribution in [1.82, 2.24) is 0 Å². The molecule has 0 aliphatic carbocycles. The quantitative estimate of drug-likeness (QED) is 0.745. The second-order valence-corrected chi connectivity index (χ2v) is 7.99. The van der Waals surface area contributed by atoms with Crippen LogP contribution in [-0.4, -0.2) is 31.1 Å². The largest absolute Gasteiger partial charge is 0.478 e. The van der Waals surface area contributed by atoms with E-state index >= 15 is 0 Å². The summed E-state index contributed by atoms with van der Waals surface area (Å²) >= 11 is 0. The molecule has 0 bridgehead atoms. The molecule has 1 rings (SSSR count). The molecular formula is C16H29NO3. The Labute approximate surface area is 122 Å². The summed E-state index contributed by atoms with van der Waals surface area (Å²) in [5.74, 6) is 0.442. The molecular weight excluding hydrogens is 254 g/mol. The summed E-state index contributed by atoms with van der Waals surface area (Å²) in [6.07, 6.45) is 0. The van der Waals surface area contributed by atoms with Crippen molar-refractivity contribution in [2.75, 3.05) is 13.2 Å². The third kappa shape index (κ3) is 3.53. The van der Waals surface area contributed by atoms with Crippen molar-refractivity contribution in [3.05, 3.63) is 0 Å². The van der Waals surface area contributed by atoms with Crippen LogP contribution >= 0.6 is 0 Å². The topological polar surface area (TPSA) is 47.9 Å². The Balaban J connectivity index is 3.05. The normalized spacial score (nSPS) is 22.8. The predicted octanol–water partition coefficient (Wildman–Crippen LogP) is 3.45.